The summed E-state index contributed by atoms with van der Waals surface area (Å²) in [6.45, 7) is 1.85. The smallest absolute Gasteiger partial charge is 0.342 e. The number of aromatic nitrogens is 3. The van der Waals surface area contributed by atoms with Crippen LogP contribution in [-0.4, -0.2) is 32.9 Å². The van der Waals surface area contributed by atoms with Crippen molar-refractivity contribution in [2.75, 3.05) is 6.61 Å². The van der Waals surface area contributed by atoms with E-state index in [2.05, 4.69) is 21.1 Å². The van der Waals surface area contributed by atoms with Crippen LogP contribution < -0.4 is 4.74 Å². The van der Waals surface area contributed by atoms with E-state index in [1.165, 1.54) is 6.08 Å². The molecule has 6 nitrogen and oxygen atoms in total. The van der Waals surface area contributed by atoms with E-state index < -0.39 is 5.97 Å². The van der Waals surface area contributed by atoms with Crippen molar-refractivity contribution in [2.24, 2.45) is 0 Å². The first-order valence-corrected chi connectivity index (χ1v) is 7.09. The van der Waals surface area contributed by atoms with Crippen molar-refractivity contribution in [1.82, 2.24) is 15.2 Å². The number of carbonyl (C=O) groups is 1. The van der Waals surface area contributed by atoms with Crippen molar-refractivity contribution in [3.8, 4) is 18.1 Å². The number of H-pyrrole nitrogens is 1. The molecule has 0 atom stereocenters. The number of benzene rings is 1. The largest absolute Gasteiger partial charge is 0.480 e. The zero-order chi connectivity index (χ0) is 15.9. The van der Waals surface area contributed by atoms with Gasteiger partial charge in [-0.25, -0.2) is 9.78 Å². The lowest BCUT2D eigenvalue weighted by Gasteiger charge is -2.07. The Morgan fingerprint density at radius 2 is 2.32 bits per heavy atom. The number of carboxylic acid groups (broad SMARTS) is 1. The Balaban J connectivity index is 2.30. The summed E-state index contributed by atoms with van der Waals surface area (Å²) in [6.07, 6.45) is 6.68. The van der Waals surface area contributed by atoms with Crippen LogP contribution in [0.4, 0.5) is 0 Å². The standard InChI is InChI=1S/C15H13N3O3S/c1-3-8-21-12-7-5-4-6-11(12)9-13(14(19)20)22-15-16-10(2)17-18-15/h1,4-7,9H,8H2,2H3,(H,19,20)(H,16,17,18)/b13-9-. The molecule has 0 aliphatic carbocycles. The minimum absolute atomic E-state index is 0.0794. The van der Waals surface area contributed by atoms with Gasteiger partial charge in [0.1, 0.15) is 23.1 Å². The quantitative estimate of drug-likeness (QED) is 0.483. The summed E-state index contributed by atoms with van der Waals surface area (Å²) in [5, 5.41) is 16.3. The summed E-state index contributed by atoms with van der Waals surface area (Å²) in [6, 6.07) is 7.05. The zero-order valence-electron chi connectivity index (χ0n) is 11.7. The number of rotatable bonds is 6. The number of aryl methyl sites for hydroxylation is 1. The van der Waals surface area contributed by atoms with Gasteiger partial charge >= 0.3 is 5.97 Å². The molecule has 0 unspecified atom stereocenters. The van der Waals surface area contributed by atoms with Gasteiger partial charge in [0.05, 0.1) is 0 Å². The van der Waals surface area contributed by atoms with Crippen LogP contribution in [0.2, 0.25) is 0 Å². The lowest BCUT2D eigenvalue weighted by molar-refractivity contribution is -0.131. The van der Waals surface area contributed by atoms with E-state index in [0.717, 1.165) is 11.8 Å². The van der Waals surface area contributed by atoms with Gasteiger partial charge in [-0.2, -0.15) is 0 Å². The van der Waals surface area contributed by atoms with Crippen molar-refractivity contribution in [2.45, 2.75) is 12.1 Å². The van der Waals surface area contributed by atoms with Crippen LogP contribution in [0, 0.1) is 19.3 Å². The Kier molecular flexibility index (Phi) is 5.22. The summed E-state index contributed by atoms with van der Waals surface area (Å²) in [5.74, 6) is 2.44. The zero-order valence-corrected chi connectivity index (χ0v) is 12.6. The highest BCUT2D eigenvalue weighted by molar-refractivity contribution is 8.04. The first-order chi connectivity index (χ1) is 10.6. The number of para-hydroxylation sites is 1. The molecule has 0 spiro atoms. The fourth-order valence-corrected chi connectivity index (χ4v) is 2.34. The van der Waals surface area contributed by atoms with E-state index >= 15 is 0 Å². The maximum absolute atomic E-state index is 11.4. The van der Waals surface area contributed by atoms with Crippen LogP contribution in [-0.2, 0) is 4.79 Å². The second kappa shape index (κ2) is 7.33. The fraction of sp³-hybridized carbons (Fsp3) is 0.133. The van der Waals surface area contributed by atoms with Crippen LogP contribution in [0.3, 0.4) is 0 Å². The molecule has 1 aromatic carbocycles. The third-order valence-electron chi connectivity index (χ3n) is 2.51. The van der Waals surface area contributed by atoms with Gasteiger partial charge in [-0.05, 0) is 30.8 Å². The maximum atomic E-state index is 11.4. The van der Waals surface area contributed by atoms with Gasteiger partial charge in [-0.1, -0.05) is 24.1 Å². The summed E-state index contributed by atoms with van der Waals surface area (Å²) in [4.78, 5) is 15.6. The highest BCUT2D eigenvalue weighted by Gasteiger charge is 2.14. The lowest BCUT2D eigenvalue weighted by atomic mass is 10.2. The monoisotopic (exact) mass is 315 g/mol. The van der Waals surface area contributed by atoms with Crippen LogP contribution in [0.15, 0.2) is 34.3 Å². The molecular formula is C15H13N3O3S. The molecule has 1 heterocycles. The highest BCUT2D eigenvalue weighted by Crippen LogP contribution is 2.28. The molecule has 2 N–H and O–H groups in total. The van der Waals surface area contributed by atoms with Crippen LogP contribution in [0.1, 0.15) is 11.4 Å². The van der Waals surface area contributed by atoms with Crippen LogP contribution in [0.25, 0.3) is 6.08 Å². The van der Waals surface area contributed by atoms with E-state index in [9.17, 15) is 9.90 Å². The van der Waals surface area contributed by atoms with E-state index in [-0.39, 0.29) is 11.5 Å². The fourth-order valence-electron chi connectivity index (χ4n) is 1.59. The summed E-state index contributed by atoms with van der Waals surface area (Å²) < 4.78 is 5.40. The first-order valence-electron chi connectivity index (χ1n) is 6.27. The SMILES string of the molecule is C#CCOc1ccccc1/C=C(\Sc1n[nH]c(C)n1)C(=O)O. The average Bonchev–Trinajstić information content (AvgIpc) is 2.90. The molecule has 2 rings (SSSR count). The second-order valence-electron chi connectivity index (χ2n) is 4.15. The van der Waals surface area contributed by atoms with Gasteiger partial charge in [0.2, 0.25) is 5.16 Å². The Labute approximate surface area is 131 Å². The molecule has 0 radical (unpaired) electrons. The number of thioether (sulfide) groups is 1. The lowest BCUT2D eigenvalue weighted by Crippen LogP contribution is -1.99. The number of ether oxygens (including phenoxy) is 1. The Morgan fingerprint density at radius 3 is 2.95 bits per heavy atom. The minimum Gasteiger partial charge on any atom is -0.480 e. The molecule has 1 aromatic heterocycles. The van der Waals surface area contributed by atoms with E-state index in [1.807, 2.05) is 0 Å². The summed E-state index contributed by atoms with van der Waals surface area (Å²) >= 11 is 0.957. The van der Waals surface area contributed by atoms with Gasteiger partial charge in [0.15, 0.2) is 0 Å². The number of terminal acetylenes is 1. The molecular weight excluding hydrogens is 302 g/mol. The normalized spacial score (nSPS) is 11.0. The molecule has 0 bridgehead atoms. The number of nitrogens with zero attached hydrogens (tertiary/aromatic N) is 2. The Morgan fingerprint density at radius 1 is 1.55 bits per heavy atom. The van der Waals surface area contributed by atoms with Crippen molar-refractivity contribution in [3.63, 3.8) is 0 Å². The molecule has 2 aromatic rings. The minimum atomic E-state index is -1.07. The van der Waals surface area contributed by atoms with Crippen LogP contribution in [0.5, 0.6) is 5.75 Å². The van der Waals surface area contributed by atoms with Crippen molar-refractivity contribution < 1.29 is 14.6 Å². The summed E-state index contributed by atoms with van der Waals surface area (Å²) in [5.41, 5.74) is 0.620. The van der Waals surface area contributed by atoms with E-state index in [4.69, 9.17) is 11.2 Å². The van der Waals surface area contributed by atoms with Gasteiger partial charge in [0.25, 0.3) is 0 Å². The number of aromatic amines is 1. The number of hydrogen-bond acceptors (Lipinski definition) is 5. The van der Waals surface area contributed by atoms with Crippen molar-refractivity contribution >= 4 is 23.8 Å². The Bertz CT molecular complexity index is 746. The predicted molar refractivity (Wildman–Crippen MR) is 83.4 cm³/mol. The molecule has 0 aliphatic rings. The second-order valence-corrected chi connectivity index (χ2v) is 5.16. The highest BCUT2D eigenvalue weighted by atomic mass is 32.2. The molecule has 0 saturated heterocycles. The molecule has 0 aliphatic heterocycles. The molecule has 0 fully saturated rings. The van der Waals surface area contributed by atoms with Crippen molar-refractivity contribution in [1.29, 1.82) is 0 Å². The topological polar surface area (TPSA) is 88.1 Å². The molecule has 0 saturated carbocycles. The van der Waals surface area contributed by atoms with Gasteiger partial charge < -0.3 is 9.84 Å². The third kappa shape index (κ3) is 4.14. The summed E-state index contributed by atoms with van der Waals surface area (Å²) in [7, 11) is 0. The molecule has 0 amide bonds. The van der Waals surface area contributed by atoms with Gasteiger partial charge in [-0.3, -0.25) is 5.10 Å². The van der Waals surface area contributed by atoms with Gasteiger partial charge in [-0.15, -0.1) is 11.5 Å². The first kappa shape index (κ1) is 15.7. The number of nitrogens with one attached hydrogen (secondary N) is 1. The predicted octanol–water partition coefficient (Wildman–Crippen LogP) is 2.34. The number of carboxylic acids is 1. The number of aliphatic carboxylic acids is 1. The number of hydrogen-bond donors (Lipinski definition) is 2. The van der Waals surface area contributed by atoms with Crippen LogP contribution >= 0.6 is 11.8 Å². The van der Waals surface area contributed by atoms with Gasteiger partial charge in [0, 0.05) is 5.56 Å². The molecule has 112 valence electrons. The molecule has 7 heteroatoms. The van der Waals surface area contributed by atoms with Crippen molar-refractivity contribution in [3.05, 3.63) is 40.6 Å². The molecule has 22 heavy (non-hydrogen) atoms. The average molecular weight is 315 g/mol. The maximum Gasteiger partial charge on any atom is 0.342 e. The van der Waals surface area contributed by atoms with E-state index in [1.54, 1.807) is 31.2 Å². The van der Waals surface area contributed by atoms with E-state index in [0.29, 0.717) is 22.3 Å². The third-order valence-corrected chi connectivity index (χ3v) is 3.38. The Hall–Kier alpha value is -2.72.